The molecule has 1 amide bonds. The van der Waals surface area contributed by atoms with Crippen LogP contribution in [0.3, 0.4) is 0 Å². The summed E-state index contributed by atoms with van der Waals surface area (Å²) in [7, 11) is 0. The van der Waals surface area contributed by atoms with E-state index in [-0.39, 0.29) is 25.1 Å². The maximum Gasteiger partial charge on any atom is 0.323 e. The molecule has 0 aromatic carbocycles. The molecule has 2 fully saturated rings. The summed E-state index contributed by atoms with van der Waals surface area (Å²) in [6.07, 6.45) is 6.91. The van der Waals surface area contributed by atoms with Gasteiger partial charge in [0.2, 0.25) is 5.91 Å². The standard InChI is InChI=1S/C14H24N2O4/c17-13(15-11-5-3-1-2-4-6-11)9-16-7-8-20-10-12(16)14(18)19/h11-12H,1-10H2,(H,15,17)(H,18,19). The van der Waals surface area contributed by atoms with Crippen LogP contribution in [0.25, 0.3) is 0 Å². The number of ether oxygens (including phenoxy) is 1. The van der Waals surface area contributed by atoms with Gasteiger partial charge in [-0.15, -0.1) is 0 Å². The Morgan fingerprint density at radius 3 is 2.55 bits per heavy atom. The van der Waals surface area contributed by atoms with E-state index in [0.29, 0.717) is 13.2 Å². The van der Waals surface area contributed by atoms with E-state index in [0.717, 1.165) is 12.8 Å². The van der Waals surface area contributed by atoms with Crippen molar-refractivity contribution >= 4 is 11.9 Å². The zero-order chi connectivity index (χ0) is 14.4. The molecule has 1 saturated heterocycles. The fraction of sp³-hybridized carbons (Fsp3) is 0.857. The molecule has 6 nitrogen and oxygen atoms in total. The molecule has 114 valence electrons. The van der Waals surface area contributed by atoms with Crippen molar-refractivity contribution in [3.8, 4) is 0 Å². The smallest absolute Gasteiger partial charge is 0.323 e. The molecule has 1 atom stereocenters. The summed E-state index contributed by atoms with van der Waals surface area (Å²) in [4.78, 5) is 24.9. The van der Waals surface area contributed by atoms with Crippen LogP contribution >= 0.6 is 0 Å². The number of aliphatic carboxylic acids is 1. The Labute approximate surface area is 119 Å². The van der Waals surface area contributed by atoms with Crippen LogP contribution in [0, 0.1) is 0 Å². The largest absolute Gasteiger partial charge is 0.480 e. The third-order valence-electron chi connectivity index (χ3n) is 4.09. The number of carboxylic acids is 1. The van der Waals surface area contributed by atoms with E-state index >= 15 is 0 Å². The van der Waals surface area contributed by atoms with Crippen molar-refractivity contribution in [1.29, 1.82) is 0 Å². The van der Waals surface area contributed by atoms with E-state index in [4.69, 9.17) is 9.84 Å². The normalized spacial score (nSPS) is 25.9. The average molecular weight is 284 g/mol. The molecular formula is C14H24N2O4. The number of rotatable bonds is 4. The molecule has 0 aromatic heterocycles. The van der Waals surface area contributed by atoms with Gasteiger partial charge in [0.25, 0.3) is 0 Å². The van der Waals surface area contributed by atoms with Crippen molar-refractivity contribution in [3.05, 3.63) is 0 Å². The zero-order valence-electron chi connectivity index (χ0n) is 11.8. The molecule has 0 spiro atoms. The van der Waals surface area contributed by atoms with Gasteiger partial charge in [0.1, 0.15) is 6.04 Å². The lowest BCUT2D eigenvalue weighted by molar-refractivity contribution is -0.150. The summed E-state index contributed by atoms with van der Waals surface area (Å²) in [5.74, 6) is -0.989. The molecule has 6 heteroatoms. The van der Waals surface area contributed by atoms with Crippen LogP contribution < -0.4 is 5.32 Å². The Kier molecular flexibility index (Phi) is 5.79. The van der Waals surface area contributed by atoms with Gasteiger partial charge in [0.05, 0.1) is 19.8 Å². The summed E-state index contributed by atoms with van der Waals surface area (Å²) >= 11 is 0. The lowest BCUT2D eigenvalue weighted by Gasteiger charge is -2.32. The first-order valence-corrected chi connectivity index (χ1v) is 7.51. The number of morpholine rings is 1. The quantitative estimate of drug-likeness (QED) is 0.740. The maximum absolute atomic E-state index is 12.1. The molecule has 1 aliphatic heterocycles. The Morgan fingerprint density at radius 1 is 1.20 bits per heavy atom. The Morgan fingerprint density at radius 2 is 1.90 bits per heavy atom. The first kappa shape index (κ1) is 15.3. The van der Waals surface area contributed by atoms with Crippen LogP contribution in [-0.4, -0.2) is 60.3 Å². The maximum atomic E-state index is 12.1. The fourth-order valence-electron chi connectivity index (χ4n) is 2.94. The second-order valence-corrected chi connectivity index (χ2v) is 5.66. The predicted octanol–water partition coefficient (Wildman–Crippen LogP) is 0.611. The molecule has 2 rings (SSSR count). The van der Waals surface area contributed by atoms with Crippen molar-refractivity contribution < 1.29 is 19.4 Å². The fourth-order valence-corrected chi connectivity index (χ4v) is 2.94. The van der Waals surface area contributed by atoms with Gasteiger partial charge in [0.15, 0.2) is 0 Å². The zero-order valence-corrected chi connectivity index (χ0v) is 11.8. The van der Waals surface area contributed by atoms with Crippen molar-refractivity contribution in [2.45, 2.75) is 50.6 Å². The first-order valence-electron chi connectivity index (χ1n) is 7.51. The minimum Gasteiger partial charge on any atom is -0.480 e. The topological polar surface area (TPSA) is 78.9 Å². The molecular weight excluding hydrogens is 260 g/mol. The first-order chi connectivity index (χ1) is 9.66. The number of hydrogen-bond donors (Lipinski definition) is 2. The third kappa shape index (κ3) is 4.45. The molecule has 2 N–H and O–H groups in total. The minimum absolute atomic E-state index is 0.0648. The predicted molar refractivity (Wildman–Crippen MR) is 73.4 cm³/mol. The Hall–Kier alpha value is -1.14. The second-order valence-electron chi connectivity index (χ2n) is 5.66. The summed E-state index contributed by atoms with van der Waals surface area (Å²) in [6.45, 7) is 1.29. The van der Waals surface area contributed by atoms with E-state index in [1.54, 1.807) is 4.90 Å². The highest BCUT2D eigenvalue weighted by atomic mass is 16.5. The van der Waals surface area contributed by atoms with Crippen LogP contribution in [0.1, 0.15) is 38.5 Å². The number of nitrogens with one attached hydrogen (secondary N) is 1. The van der Waals surface area contributed by atoms with Crippen LogP contribution in [0.15, 0.2) is 0 Å². The van der Waals surface area contributed by atoms with Gasteiger partial charge >= 0.3 is 5.97 Å². The van der Waals surface area contributed by atoms with Crippen molar-refractivity contribution in [2.75, 3.05) is 26.3 Å². The molecule has 1 saturated carbocycles. The molecule has 1 aliphatic carbocycles. The number of carbonyl (C=O) groups is 2. The number of nitrogens with zero attached hydrogens (tertiary/aromatic N) is 1. The van der Waals surface area contributed by atoms with Crippen LogP contribution in [0.4, 0.5) is 0 Å². The summed E-state index contributed by atoms with van der Waals surface area (Å²) in [5, 5.41) is 12.2. The highest BCUT2D eigenvalue weighted by molar-refractivity contribution is 5.80. The van der Waals surface area contributed by atoms with Crippen LogP contribution in [0.5, 0.6) is 0 Å². The minimum atomic E-state index is -0.924. The highest BCUT2D eigenvalue weighted by Gasteiger charge is 2.30. The summed E-state index contributed by atoms with van der Waals surface area (Å²) < 4.78 is 5.17. The van der Waals surface area contributed by atoms with Gasteiger partial charge in [-0.25, -0.2) is 0 Å². The molecule has 1 unspecified atom stereocenters. The van der Waals surface area contributed by atoms with Gasteiger partial charge in [-0.1, -0.05) is 25.7 Å². The lowest BCUT2D eigenvalue weighted by Crippen LogP contribution is -2.53. The van der Waals surface area contributed by atoms with E-state index in [1.807, 2.05) is 0 Å². The molecule has 0 bridgehead atoms. The monoisotopic (exact) mass is 284 g/mol. The molecule has 0 radical (unpaired) electrons. The summed E-state index contributed by atoms with van der Waals surface area (Å²) in [5.41, 5.74) is 0. The van der Waals surface area contributed by atoms with Crippen molar-refractivity contribution in [2.24, 2.45) is 0 Å². The second kappa shape index (κ2) is 7.59. The average Bonchev–Trinajstić information content (AvgIpc) is 2.67. The molecule has 1 heterocycles. The van der Waals surface area contributed by atoms with Crippen LogP contribution in [-0.2, 0) is 14.3 Å². The van der Waals surface area contributed by atoms with Crippen molar-refractivity contribution in [1.82, 2.24) is 10.2 Å². The number of amides is 1. The number of carbonyl (C=O) groups excluding carboxylic acids is 1. The van der Waals surface area contributed by atoms with Gasteiger partial charge in [0, 0.05) is 12.6 Å². The number of carboxylic acid groups (broad SMARTS) is 1. The van der Waals surface area contributed by atoms with Gasteiger partial charge in [-0.3, -0.25) is 14.5 Å². The molecule has 0 aromatic rings. The van der Waals surface area contributed by atoms with Crippen LogP contribution in [0.2, 0.25) is 0 Å². The highest BCUT2D eigenvalue weighted by Crippen LogP contribution is 2.17. The van der Waals surface area contributed by atoms with E-state index in [9.17, 15) is 9.59 Å². The van der Waals surface area contributed by atoms with E-state index < -0.39 is 12.0 Å². The van der Waals surface area contributed by atoms with E-state index in [1.165, 1.54) is 25.7 Å². The van der Waals surface area contributed by atoms with Crippen molar-refractivity contribution in [3.63, 3.8) is 0 Å². The Balaban J connectivity index is 1.81. The SMILES string of the molecule is O=C(CN1CCOCC1C(=O)O)NC1CCCCCC1. The Bertz CT molecular complexity index is 340. The molecule has 20 heavy (non-hydrogen) atoms. The third-order valence-corrected chi connectivity index (χ3v) is 4.09. The van der Waals surface area contributed by atoms with Gasteiger partial charge in [-0.05, 0) is 12.8 Å². The van der Waals surface area contributed by atoms with E-state index in [2.05, 4.69) is 5.32 Å². The lowest BCUT2D eigenvalue weighted by atomic mass is 10.1. The van der Waals surface area contributed by atoms with Gasteiger partial charge in [-0.2, -0.15) is 0 Å². The number of hydrogen-bond acceptors (Lipinski definition) is 4. The molecule has 2 aliphatic rings. The summed E-state index contributed by atoms with van der Waals surface area (Å²) in [6, 6.07) is -0.446. The van der Waals surface area contributed by atoms with Gasteiger partial charge < -0.3 is 15.2 Å².